The van der Waals surface area contributed by atoms with E-state index >= 15 is 0 Å². The second-order valence-electron chi connectivity index (χ2n) is 13.5. The number of carbonyl (C=O) groups excluding carboxylic acids is 3. The summed E-state index contributed by atoms with van der Waals surface area (Å²) < 4.78 is 17.7. The van der Waals surface area contributed by atoms with Crippen molar-refractivity contribution in [3.8, 4) is 28.3 Å². The quantitative estimate of drug-likeness (QED) is 0.0818. The zero-order valence-electron chi connectivity index (χ0n) is 30.7. The van der Waals surface area contributed by atoms with Crippen LogP contribution in [0.15, 0.2) is 64.5 Å². The molecule has 4 heterocycles. The number of fused-ring (bicyclic) bond motifs is 8. The van der Waals surface area contributed by atoms with Gasteiger partial charge in [0, 0.05) is 39.8 Å². The third-order valence-corrected chi connectivity index (χ3v) is 10.1. The number of benzene rings is 3. The average Bonchev–Trinajstić information content (AvgIpc) is 3.71. The van der Waals surface area contributed by atoms with E-state index in [1.54, 1.807) is 24.3 Å². The van der Waals surface area contributed by atoms with Crippen LogP contribution in [0.3, 0.4) is 0 Å². The first-order valence-corrected chi connectivity index (χ1v) is 17.5. The number of nitro groups is 4. The predicted octanol–water partition coefficient (Wildman–Crippen LogP) is 3.84. The first-order chi connectivity index (χ1) is 28.5. The fourth-order valence-corrected chi connectivity index (χ4v) is 7.59. The van der Waals surface area contributed by atoms with Gasteiger partial charge in [-0.05, 0) is 36.8 Å². The number of hydrogen-bond acceptors (Lipinski definition) is 18. The molecule has 60 heavy (non-hydrogen) atoms. The van der Waals surface area contributed by atoms with Crippen molar-refractivity contribution < 1.29 is 53.1 Å². The molecule has 0 saturated heterocycles. The van der Waals surface area contributed by atoms with Crippen molar-refractivity contribution in [3.63, 3.8) is 0 Å². The maximum atomic E-state index is 14.0. The Hall–Kier alpha value is -8.44. The molecule has 1 aliphatic carbocycles. The number of aromatic nitrogens is 2. The molecule has 5 aromatic rings. The molecule has 300 valence electrons. The van der Waals surface area contributed by atoms with Gasteiger partial charge in [0.15, 0.2) is 0 Å². The summed E-state index contributed by atoms with van der Waals surface area (Å²) in [7, 11) is 1.26. The fraction of sp³-hybridized carbons (Fsp3) is 0.167. The number of carbonyl (C=O) groups is 3. The third kappa shape index (κ3) is 6.00. The van der Waals surface area contributed by atoms with E-state index < -0.39 is 113 Å². The number of non-ortho nitro benzene ring substituents is 2. The van der Waals surface area contributed by atoms with Crippen molar-refractivity contribution in [1.82, 2.24) is 9.55 Å². The van der Waals surface area contributed by atoms with Crippen molar-refractivity contribution in [3.05, 3.63) is 133 Å². The number of rotatable bonds is 10. The number of oxime groups is 1. The minimum absolute atomic E-state index is 0.00853. The van der Waals surface area contributed by atoms with Crippen LogP contribution in [-0.4, -0.2) is 67.2 Å². The van der Waals surface area contributed by atoms with Gasteiger partial charge in [-0.1, -0.05) is 12.1 Å². The standard InChI is InChI=1S/C36H22BN7O16/c1-2-36(23-11-27-31-16(12-40(27)33(46)22(23)13-57-34(36)47)5-15-6-19(59-35(37)48)3-4-24(15)38-31)60-28(45)14-58-39-32-20-7-17(41(49)50)9-25(43(53)54)29(20)30-21(32)8-18(42(51)52)10-26(30)44(55)56/h3-11H,2,12-14,37H2,1H3/t36-/m0/s1. The second-order valence-corrected chi connectivity index (χ2v) is 13.5. The molecule has 24 heteroatoms. The molecule has 0 unspecified atom stereocenters. The monoisotopic (exact) mass is 819 g/mol. The van der Waals surface area contributed by atoms with Gasteiger partial charge >= 0.3 is 11.9 Å². The molecule has 3 aromatic carbocycles. The van der Waals surface area contributed by atoms with Crippen molar-refractivity contribution in [1.29, 1.82) is 0 Å². The Balaban J connectivity index is 1.15. The highest BCUT2D eigenvalue weighted by Crippen LogP contribution is 2.50. The highest BCUT2D eigenvalue weighted by molar-refractivity contribution is 6.55. The topological polar surface area (TPSA) is 308 Å². The molecule has 0 N–H and O–H groups in total. The maximum absolute atomic E-state index is 14.0. The fourth-order valence-electron chi connectivity index (χ4n) is 7.59. The van der Waals surface area contributed by atoms with Gasteiger partial charge in [0.25, 0.3) is 28.3 Å². The van der Waals surface area contributed by atoms with Gasteiger partial charge in [0.1, 0.15) is 18.1 Å². The van der Waals surface area contributed by atoms with Crippen LogP contribution in [0.1, 0.15) is 41.2 Å². The van der Waals surface area contributed by atoms with Crippen LogP contribution in [-0.2, 0) is 42.7 Å². The van der Waals surface area contributed by atoms with Crippen LogP contribution in [0.25, 0.3) is 33.4 Å². The zero-order valence-corrected chi connectivity index (χ0v) is 30.7. The smallest absolute Gasteiger partial charge is 0.355 e. The minimum atomic E-state index is -2.20. The molecule has 0 bridgehead atoms. The zero-order chi connectivity index (χ0) is 42.9. The van der Waals surface area contributed by atoms with E-state index in [4.69, 9.17) is 24.0 Å². The van der Waals surface area contributed by atoms with E-state index in [9.17, 15) is 59.6 Å². The van der Waals surface area contributed by atoms with Crippen LogP contribution in [0.5, 0.6) is 5.75 Å². The van der Waals surface area contributed by atoms with Gasteiger partial charge in [-0.15, -0.1) is 0 Å². The normalized spacial score (nSPS) is 15.4. The Labute approximate surface area is 332 Å². The number of ether oxygens (including phenoxy) is 3. The van der Waals surface area contributed by atoms with Gasteiger partial charge in [0.2, 0.25) is 25.9 Å². The summed E-state index contributed by atoms with van der Waals surface area (Å²) >= 11 is 0. The number of cyclic esters (lactones) is 1. The third-order valence-electron chi connectivity index (χ3n) is 10.1. The van der Waals surface area contributed by atoms with E-state index in [-0.39, 0.29) is 24.1 Å². The molecule has 3 aliphatic rings. The summed E-state index contributed by atoms with van der Waals surface area (Å²) in [5.41, 5.74) is -7.00. The van der Waals surface area contributed by atoms with E-state index in [2.05, 4.69) is 5.16 Å². The van der Waals surface area contributed by atoms with Crippen molar-refractivity contribution in [2.24, 2.45) is 5.16 Å². The molecule has 2 aromatic heterocycles. The van der Waals surface area contributed by atoms with Gasteiger partial charge in [-0.2, -0.15) is 0 Å². The first-order valence-electron chi connectivity index (χ1n) is 17.5. The lowest BCUT2D eigenvalue weighted by atomic mass is 9.85. The number of esters is 2. The van der Waals surface area contributed by atoms with Crippen molar-refractivity contribution in [2.75, 3.05) is 6.61 Å². The molecule has 0 radical (unpaired) electrons. The molecule has 0 saturated carbocycles. The molecule has 23 nitrogen and oxygen atoms in total. The molecule has 0 fully saturated rings. The number of nitrogens with zero attached hydrogens (tertiary/aromatic N) is 7. The Kier molecular flexibility index (Phi) is 8.90. The molecular formula is C36H22BN7O16. The molecule has 2 aliphatic heterocycles. The SMILES string of the molecule is BC(=O)Oc1ccc2nc3c(cc2c1)Cn1c-3cc2c(c1=O)COC(=O)[C@@]2(CC)OC(=O)CON=C1c2cc([N+](=O)[O-])cc([N+](=O)[O-])c2-c2c1cc([N+](=O)[O-])cc2[N+](=O)[O-]. The van der Waals surface area contributed by atoms with Crippen LogP contribution >= 0.6 is 0 Å². The Morgan fingerprint density at radius 1 is 0.900 bits per heavy atom. The highest BCUT2D eigenvalue weighted by Gasteiger charge is 2.51. The van der Waals surface area contributed by atoms with Crippen molar-refractivity contribution in [2.45, 2.75) is 32.1 Å². The summed E-state index contributed by atoms with van der Waals surface area (Å²) in [5.74, 6) is -2.52. The van der Waals surface area contributed by atoms with E-state index in [1.165, 1.54) is 25.4 Å². The number of nitro benzene ring substituents is 4. The average molecular weight is 819 g/mol. The summed E-state index contributed by atoms with van der Waals surface area (Å²) in [6.45, 7) is -0.00276. The predicted molar refractivity (Wildman–Crippen MR) is 203 cm³/mol. The number of pyridine rings is 2. The molecular weight excluding hydrogens is 797 g/mol. The summed E-state index contributed by atoms with van der Waals surface area (Å²) in [4.78, 5) is 106. The van der Waals surface area contributed by atoms with Crippen LogP contribution < -0.4 is 10.3 Å². The Bertz CT molecular complexity index is 2900. The minimum Gasteiger partial charge on any atom is -0.457 e. The summed E-state index contributed by atoms with van der Waals surface area (Å²) in [6, 6.07) is 10.8. The van der Waals surface area contributed by atoms with Gasteiger partial charge in [-0.25, -0.2) is 14.6 Å². The van der Waals surface area contributed by atoms with Crippen LogP contribution in [0.4, 0.5) is 27.5 Å². The second kappa shape index (κ2) is 13.9. The largest absolute Gasteiger partial charge is 0.457 e. The molecule has 8 rings (SSSR count). The van der Waals surface area contributed by atoms with Crippen LogP contribution in [0, 0.1) is 40.5 Å². The lowest BCUT2D eigenvalue weighted by Crippen LogP contribution is -2.48. The van der Waals surface area contributed by atoms with Gasteiger partial charge in [-0.3, -0.25) is 50.0 Å². The first kappa shape index (κ1) is 38.4. The molecule has 0 spiro atoms. The lowest BCUT2D eigenvalue weighted by molar-refractivity contribution is -0.395. The van der Waals surface area contributed by atoms with E-state index in [1.807, 2.05) is 0 Å². The molecule has 1 atom stereocenters. The Morgan fingerprint density at radius 3 is 2.10 bits per heavy atom. The van der Waals surface area contributed by atoms with Gasteiger partial charge in [0.05, 0.1) is 72.0 Å². The summed E-state index contributed by atoms with van der Waals surface area (Å²) in [5, 5.41) is 52.1. The van der Waals surface area contributed by atoms with E-state index in [0.717, 1.165) is 12.1 Å². The van der Waals surface area contributed by atoms with Gasteiger partial charge < -0.3 is 23.6 Å². The summed E-state index contributed by atoms with van der Waals surface area (Å²) in [6.07, 6.45) is -0.250. The number of hydrogen-bond donors (Lipinski definition) is 0. The van der Waals surface area contributed by atoms with Crippen LogP contribution in [0.2, 0.25) is 0 Å². The maximum Gasteiger partial charge on any atom is 0.355 e. The molecule has 0 amide bonds. The Morgan fingerprint density at radius 2 is 1.53 bits per heavy atom. The highest BCUT2D eigenvalue weighted by atomic mass is 16.7. The van der Waals surface area contributed by atoms with Crippen molar-refractivity contribution >= 4 is 65.0 Å². The lowest BCUT2D eigenvalue weighted by Gasteiger charge is -2.35. The van der Waals surface area contributed by atoms with E-state index in [0.29, 0.717) is 45.7 Å².